The number of aliphatic hydroxyl groups excluding tert-OH is 1. The molecule has 0 spiro atoms. The fourth-order valence-corrected chi connectivity index (χ4v) is 1.97. The molecular weight excluding hydrogens is 338 g/mol. The first-order chi connectivity index (χ1) is 12.7. The van der Waals surface area contributed by atoms with Gasteiger partial charge in [0.05, 0.1) is 18.8 Å². The molecule has 0 unspecified atom stereocenters. The fourth-order valence-electron chi connectivity index (χ4n) is 1.97. The number of aromatic amines is 2. The van der Waals surface area contributed by atoms with Crippen LogP contribution >= 0.6 is 0 Å². The Hall–Kier alpha value is -3.11. The van der Waals surface area contributed by atoms with Crippen molar-refractivity contribution >= 4 is 0 Å². The van der Waals surface area contributed by atoms with E-state index in [9.17, 15) is 4.79 Å². The topological polar surface area (TPSA) is 156 Å². The zero-order valence-electron chi connectivity index (χ0n) is 14.3. The summed E-state index contributed by atoms with van der Waals surface area (Å²) in [4.78, 5) is 19.2. The second-order valence-corrected chi connectivity index (χ2v) is 5.07. The van der Waals surface area contributed by atoms with E-state index in [1.807, 2.05) is 31.2 Å². The van der Waals surface area contributed by atoms with Gasteiger partial charge in [0, 0.05) is 12.7 Å². The first kappa shape index (κ1) is 19.2. The minimum Gasteiger partial charge on any atom is -0.493 e. The number of nitrogens with zero attached hydrogens (tertiary/aromatic N) is 4. The van der Waals surface area contributed by atoms with Crippen molar-refractivity contribution < 1.29 is 9.84 Å². The summed E-state index contributed by atoms with van der Waals surface area (Å²) in [6, 6.07) is 7.43. The molecule has 0 saturated carbocycles. The normalized spacial score (nSPS) is 10.1. The minimum absolute atomic E-state index is 0.0972. The summed E-state index contributed by atoms with van der Waals surface area (Å²) in [6.45, 7) is 3.10. The molecule has 0 bridgehead atoms. The van der Waals surface area contributed by atoms with E-state index in [1.54, 1.807) is 0 Å². The van der Waals surface area contributed by atoms with E-state index in [-0.39, 0.29) is 23.6 Å². The smallest absolute Gasteiger partial charge is 0.262 e. The number of ether oxygens (including phenoxy) is 1. The Kier molecular flexibility index (Phi) is 7.40. The maximum atomic E-state index is 12.2. The third-order valence-electron chi connectivity index (χ3n) is 3.12. The zero-order valence-corrected chi connectivity index (χ0v) is 14.3. The molecule has 0 radical (unpaired) electrons. The number of para-hydroxylation sites is 1. The summed E-state index contributed by atoms with van der Waals surface area (Å²) >= 11 is 0. The molecule has 0 saturated heterocycles. The predicted octanol–water partition coefficient (Wildman–Crippen LogP) is 0.343. The van der Waals surface area contributed by atoms with Crippen LogP contribution in [0.15, 0.2) is 35.3 Å². The highest BCUT2D eigenvalue weighted by Gasteiger charge is 2.13. The number of aromatic nitrogens is 6. The summed E-state index contributed by atoms with van der Waals surface area (Å²) in [5, 5.41) is 21.0. The molecule has 10 nitrogen and oxygen atoms in total. The predicted molar refractivity (Wildman–Crippen MR) is 95.4 cm³/mol. The molecule has 0 fully saturated rings. The summed E-state index contributed by atoms with van der Waals surface area (Å²) in [6.07, 6.45) is 2.32. The summed E-state index contributed by atoms with van der Waals surface area (Å²) < 4.78 is 5.68. The molecule has 0 aliphatic rings. The Morgan fingerprint density at radius 3 is 2.65 bits per heavy atom. The second-order valence-electron chi connectivity index (χ2n) is 5.07. The third kappa shape index (κ3) is 4.94. The van der Waals surface area contributed by atoms with Crippen molar-refractivity contribution in [2.24, 2.45) is 5.73 Å². The van der Waals surface area contributed by atoms with E-state index in [2.05, 4.69) is 30.6 Å². The van der Waals surface area contributed by atoms with Crippen molar-refractivity contribution in [3.05, 3.63) is 40.8 Å². The second kappa shape index (κ2) is 10.0. The van der Waals surface area contributed by atoms with E-state index < -0.39 is 0 Å². The van der Waals surface area contributed by atoms with Gasteiger partial charge in [0.2, 0.25) is 5.82 Å². The first-order valence-electron chi connectivity index (χ1n) is 8.07. The molecule has 5 N–H and O–H groups in total. The molecule has 1 aromatic carbocycles. The number of hydrogen-bond donors (Lipinski definition) is 4. The van der Waals surface area contributed by atoms with Crippen LogP contribution in [0.1, 0.15) is 13.3 Å². The molecule has 3 rings (SSSR count). The number of tetrazole rings is 1. The molecule has 2 aromatic heterocycles. The molecule has 0 amide bonds. The minimum atomic E-state index is -0.336. The highest BCUT2D eigenvalue weighted by atomic mass is 16.5. The fraction of sp³-hybridized carbons (Fsp3) is 0.312. The number of aliphatic hydroxyl groups is 1. The molecule has 3 aromatic rings. The standard InChI is InChI=1S/C14H14N6O2.C2H7NO/c1-2-7-22-11-6-4-3-5-9(11)12-15-8-10(14(21)16-12)13-17-19-20-18-13;3-1-2-4/h3-6,8H,2,7H2,1H3,(H,15,16,21)(H,17,18,19,20);4H,1-3H2. The van der Waals surface area contributed by atoms with Gasteiger partial charge < -0.3 is 20.6 Å². The number of H-pyrrole nitrogens is 2. The van der Waals surface area contributed by atoms with Gasteiger partial charge in [0.1, 0.15) is 17.1 Å². The van der Waals surface area contributed by atoms with Crippen LogP contribution in [0.4, 0.5) is 0 Å². The van der Waals surface area contributed by atoms with Gasteiger partial charge in [-0.1, -0.05) is 19.1 Å². The van der Waals surface area contributed by atoms with Gasteiger partial charge in [-0.2, -0.15) is 5.21 Å². The molecule has 2 heterocycles. The van der Waals surface area contributed by atoms with Gasteiger partial charge in [0.15, 0.2) is 0 Å². The Bertz CT molecular complexity index is 847. The first-order valence-corrected chi connectivity index (χ1v) is 8.07. The third-order valence-corrected chi connectivity index (χ3v) is 3.12. The Morgan fingerprint density at radius 1 is 1.27 bits per heavy atom. The highest BCUT2D eigenvalue weighted by molar-refractivity contribution is 5.65. The molecule has 0 aliphatic heterocycles. The summed E-state index contributed by atoms with van der Waals surface area (Å²) in [5.41, 5.74) is 5.42. The van der Waals surface area contributed by atoms with Crippen molar-refractivity contribution in [1.29, 1.82) is 0 Å². The SMILES string of the molecule is CCCOc1ccccc1-c1ncc(-c2nn[nH]n2)c(=O)[nH]1.NCCO. The van der Waals surface area contributed by atoms with E-state index in [4.69, 9.17) is 15.6 Å². The average Bonchev–Trinajstić information content (AvgIpc) is 3.21. The van der Waals surface area contributed by atoms with Gasteiger partial charge in [-0.3, -0.25) is 4.79 Å². The Balaban J connectivity index is 0.000000552. The van der Waals surface area contributed by atoms with Crippen LogP contribution in [0.2, 0.25) is 0 Å². The lowest BCUT2D eigenvalue weighted by molar-refractivity contribution is 0.306. The van der Waals surface area contributed by atoms with Crippen molar-refractivity contribution in [1.82, 2.24) is 30.6 Å². The molecule has 26 heavy (non-hydrogen) atoms. The molecule has 138 valence electrons. The number of nitrogens with one attached hydrogen (secondary N) is 2. The van der Waals surface area contributed by atoms with Crippen LogP contribution < -0.4 is 16.0 Å². The van der Waals surface area contributed by atoms with E-state index >= 15 is 0 Å². The number of hydrogen-bond acceptors (Lipinski definition) is 8. The summed E-state index contributed by atoms with van der Waals surface area (Å²) in [7, 11) is 0. The van der Waals surface area contributed by atoms with Gasteiger partial charge >= 0.3 is 0 Å². The molecular formula is C16H21N7O3. The largest absolute Gasteiger partial charge is 0.493 e. The van der Waals surface area contributed by atoms with Gasteiger partial charge in [-0.05, 0) is 23.8 Å². The number of benzene rings is 1. The van der Waals surface area contributed by atoms with Crippen molar-refractivity contribution in [3.8, 4) is 28.5 Å². The van der Waals surface area contributed by atoms with E-state index in [1.165, 1.54) is 6.20 Å². The van der Waals surface area contributed by atoms with Crippen molar-refractivity contribution in [3.63, 3.8) is 0 Å². The monoisotopic (exact) mass is 359 g/mol. The van der Waals surface area contributed by atoms with Crippen LogP contribution in [0, 0.1) is 0 Å². The maximum Gasteiger partial charge on any atom is 0.262 e. The molecule has 0 atom stereocenters. The van der Waals surface area contributed by atoms with Crippen LogP contribution in [0.5, 0.6) is 5.75 Å². The maximum absolute atomic E-state index is 12.2. The zero-order chi connectivity index (χ0) is 18.8. The van der Waals surface area contributed by atoms with Gasteiger partial charge in [-0.15, -0.1) is 10.2 Å². The van der Waals surface area contributed by atoms with Crippen LogP contribution in [0.25, 0.3) is 22.8 Å². The summed E-state index contributed by atoms with van der Waals surface area (Å²) in [5.74, 6) is 1.32. The lowest BCUT2D eigenvalue weighted by Gasteiger charge is -2.10. The Morgan fingerprint density at radius 2 is 2.04 bits per heavy atom. The van der Waals surface area contributed by atoms with E-state index in [0.717, 1.165) is 12.0 Å². The van der Waals surface area contributed by atoms with Crippen molar-refractivity contribution in [2.75, 3.05) is 19.8 Å². The lowest BCUT2D eigenvalue weighted by atomic mass is 10.2. The van der Waals surface area contributed by atoms with Crippen LogP contribution in [-0.2, 0) is 0 Å². The lowest BCUT2D eigenvalue weighted by Crippen LogP contribution is -2.12. The van der Waals surface area contributed by atoms with Gasteiger partial charge in [-0.25, -0.2) is 4.98 Å². The number of rotatable bonds is 6. The Labute approximate surface area is 149 Å². The quantitative estimate of drug-likeness (QED) is 0.491. The highest BCUT2D eigenvalue weighted by Crippen LogP contribution is 2.26. The van der Waals surface area contributed by atoms with E-state index in [0.29, 0.717) is 24.7 Å². The molecule has 0 aliphatic carbocycles. The average molecular weight is 359 g/mol. The van der Waals surface area contributed by atoms with Gasteiger partial charge in [0.25, 0.3) is 5.56 Å². The van der Waals surface area contributed by atoms with Crippen LogP contribution in [-0.4, -0.2) is 55.5 Å². The van der Waals surface area contributed by atoms with Crippen LogP contribution in [0.3, 0.4) is 0 Å². The molecule has 10 heteroatoms. The van der Waals surface area contributed by atoms with Crippen molar-refractivity contribution in [2.45, 2.75) is 13.3 Å². The number of nitrogens with two attached hydrogens (primary N) is 1.